The van der Waals surface area contributed by atoms with Crippen LogP contribution in [-0.2, 0) is 12.8 Å². The summed E-state index contributed by atoms with van der Waals surface area (Å²) in [5, 5.41) is 17.8. The third kappa shape index (κ3) is 4.22. The van der Waals surface area contributed by atoms with Crippen LogP contribution in [0, 0.1) is 0 Å². The monoisotopic (exact) mass is 411 g/mol. The first-order valence-corrected chi connectivity index (χ1v) is 10.0. The molecule has 4 rings (SSSR count). The Bertz CT molecular complexity index is 1110. The zero-order valence-corrected chi connectivity index (χ0v) is 17.2. The minimum Gasteiger partial charge on any atom is -0.358 e. The van der Waals surface area contributed by atoms with Crippen molar-refractivity contribution in [3.05, 3.63) is 53.1 Å². The molecule has 0 unspecified atom stereocenters. The van der Waals surface area contributed by atoms with E-state index >= 15 is 0 Å². The zero-order valence-electron chi connectivity index (χ0n) is 16.4. The highest BCUT2D eigenvalue weighted by Crippen LogP contribution is 2.25. The zero-order chi connectivity index (χ0) is 20.2. The molecular formula is C20H22ClN7O. The van der Waals surface area contributed by atoms with Gasteiger partial charge in [0.2, 0.25) is 11.7 Å². The number of hydrogen-bond acceptors (Lipinski definition) is 7. The van der Waals surface area contributed by atoms with E-state index in [0.29, 0.717) is 29.6 Å². The number of nitrogens with zero attached hydrogens (tertiary/aromatic N) is 7. The van der Waals surface area contributed by atoms with Gasteiger partial charge in [0.05, 0.1) is 5.02 Å². The maximum Gasteiger partial charge on any atom is 0.227 e. The van der Waals surface area contributed by atoms with Crippen molar-refractivity contribution in [3.63, 3.8) is 0 Å². The van der Waals surface area contributed by atoms with Crippen LogP contribution in [0.1, 0.15) is 31.5 Å². The van der Waals surface area contributed by atoms with Crippen LogP contribution in [-0.4, -0.2) is 43.5 Å². The minimum atomic E-state index is 0.481. The molecule has 4 aromatic rings. The van der Waals surface area contributed by atoms with Crippen molar-refractivity contribution in [2.24, 2.45) is 0 Å². The average molecular weight is 412 g/mol. The summed E-state index contributed by atoms with van der Waals surface area (Å²) < 4.78 is 7.17. The predicted molar refractivity (Wildman–Crippen MR) is 111 cm³/mol. The topological polar surface area (TPSA) is 85.2 Å². The third-order valence-corrected chi connectivity index (χ3v) is 5.03. The summed E-state index contributed by atoms with van der Waals surface area (Å²) in [6.45, 7) is 3.14. The lowest BCUT2D eigenvalue weighted by Crippen LogP contribution is -2.20. The molecule has 9 heteroatoms. The Kier molecular flexibility index (Phi) is 5.71. The van der Waals surface area contributed by atoms with Crippen LogP contribution in [0.15, 0.2) is 40.9 Å². The van der Waals surface area contributed by atoms with E-state index in [9.17, 15) is 0 Å². The van der Waals surface area contributed by atoms with E-state index < -0.39 is 0 Å². The van der Waals surface area contributed by atoms with Crippen LogP contribution in [0.5, 0.6) is 0 Å². The molecule has 29 heavy (non-hydrogen) atoms. The van der Waals surface area contributed by atoms with Crippen molar-refractivity contribution in [2.75, 3.05) is 18.5 Å². The highest BCUT2D eigenvalue weighted by Gasteiger charge is 2.14. The highest BCUT2D eigenvalue weighted by atomic mass is 35.5. The predicted octanol–water partition coefficient (Wildman–Crippen LogP) is 3.85. The van der Waals surface area contributed by atoms with Crippen LogP contribution < -0.4 is 4.90 Å². The van der Waals surface area contributed by atoms with Gasteiger partial charge < -0.3 is 9.42 Å². The second kappa shape index (κ2) is 8.57. The number of hydrogen-bond donors (Lipinski definition) is 0. The summed E-state index contributed by atoms with van der Waals surface area (Å²) in [4.78, 5) is 6.59. The van der Waals surface area contributed by atoms with E-state index in [1.54, 1.807) is 10.6 Å². The van der Waals surface area contributed by atoms with Gasteiger partial charge in [-0.05, 0) is 30.7 Å². The van der Waals surface area contributed by atoms with Crippen molar-refractivity contribution in [1.82, 2.24) is 30.0 Å². The van der Waals surface area contributed by atoms with Gasteiger partial charge in [0.15, 0.2) is 11.5 Å². The average Bonchev–Trinajstić information content (AvgIpc) is 3.37. The Hall–Kier alpha value is -3.00. The number of unbranched alkanes of at least 4 members (excludes halogenated alkanes) is 1. The van der Waals surface area contributed by atoms with Crippen LogP contribution in [0.25, 0.3) is 17.0 Å². The summed E-state index contributed by atoms with van der Waals surface area (Å²) in [6.07, 6.45) is 3.39. The SMILES string of the molecule is CCCCN(C)c1ccc2nnc(CCc3nc(-c4ccccc4Cl)no3)n2n1. The largest absolute Gasteiger partial charge is 0.358 e. The van der Waals surface area contributed by atoms with Gasteiger partial charge >= 0.3 is 0 Å². The molecule has 0 spiro atoms. The first-order chi connectivity index (χ1) is 14.2. The maximum absolute atomic E-state index is 6.21. The summed E-state index contributed by atoms with van der Waals surface area (Å²) in [7, 11) is 2.04. The lowest BCUT2D eigenvalue weighted by molar-refractivity contribution is 0.377. The van der Waals surface area contributed by atoms with Gasteiger partial charge in [0.1, 0.15) is 5.82 Å². The fraction of sp³-hybridized carbons (Fsp3) is 0.350. The number of rotatable bonds is 8. The molecule has 0 saturated heterocycles. The normalized spacial score (nSPS) is 11.3. The van der Waals surface area contributed by atoms with E-state index in [-0.39, 0.29) is 0 Å². The minimum absolute atomic E-state index is 0.481. The smallest absolute Gasteiger partial charge is 0.227 e. The summed E-state index contributed by atoms with van der Waals surface area (Å²) in [5.41, 5.74) is 1.47. The van der Waals surface area contributed by atoms with E-state index in [0.717, 1.165) is 42.2 Å². The molecule has 3 heterocycles. The first-order valence-electron chi connectivity index (χ1n) is 9.65. The fourth-order valence-corrected chi connectivity index (χ4v) is 3.24. The van der Waals surface area contributed by atoms with Gasteiger partial charge in [-0.3, -0.25) is 0 Å². The molecule has 0 aliphatic heterocycles. The lowest BCUT2D eigenvalue weighted by Gasteiger charge is -2.17. The molecule has 0 aliphatic rings. The van der Waals surface area contributed by atoms with E-state index in [1.807, 2.05) is 37.4 Å². The Morgan fingerprint density at radius 1 is 1.10 bits per heavy atom. The molecular weight excluding hydrogens is 390 g/mol. The van der Waals surface area contributed by atoms with Crippen LogP contribution in [0.2, 0.25) is 5.02 Å². The molecule has 8 nitrogen and oxygen atoms in total. The Morgan fingerprint density at radius 3 is 2.79 bits per heavy atom. The van der Waals surface area contributed by atoms with Gasteiger partial charge in [0.25, 0.3) is 0 Å². The van der Waals surface area contributed by atoms with Crippen LogP contribution in [0.3, 0.4) is 0 Å². The van der Waals surface area contributed by atoms with Gasteiger partial charge in [-0.25, -0.2) is 0 Å². The first kappa shape index (κ1) is 19.3. The van der Waals surface area contributed by atoms with Crippen molar-refractivity contribution in [3.8, 4) is 11.4 Å². The standard InChI is InChI=1S/C20H22ClN7O/c1-3-4-13-27(2)18-10-9-16-23-24-17(28(16)25-18)11-12-19-22-20(26-29-19)14-7-5-6-8-15(14)21/h5-10H,3-4,11-13H2,1-2H3. The Morgan fingerprint density at radius 2 is 1.97 bits per heavy atom. The number of fused-ring (bicyclic) bond motifs is 1. The third-order valence-electron chi connectivity index (χ3n) is 4.70. The molecule has 0 saturated carbocycles. The maximum atomic E-state index is 6.21. The van der Waals surface area contributed by atoms with Crippen molar-refractivity contribution >= 4 is 23.1 Å². The molecule has 3 aromatic heterocycles. The molecule has 1 aromatic carbocycles. The van der Waals surface area contributed by atoms with E-state index in [2.05, 4.69) is 32.2 Å². The molecule has 0 atom stereocenters. The molecule has 0 radical (unpaired) electrons. The lowest BCUT2D eigenvalue weighted by atomic mass is 10.2. The second-order valence-corrected chi connectivity index (χ2v) is 7.25. The van der Waals surface area contributed by atoms with E-state index in [4.69, 9.17) is 21.2 Å². The number of aryl methyl sites for hydroxylation is 2. The molecule has 0 N–H and O–H groups in total. The molecule has 150 valence electrons. The number of halogens is 1. The summed E-state index contributed by atoms with van der Waals surface area (Å²) >= 11 is 6.21. The van der Waals surface area contributed by atoms with Gasteiger partial charge in [0, 0.05) is 32.0 Å². The second-order valence-electron chi connectivity index (χ2n) is 6.84. The quantitative estimate of drug-likeness (QED) is 0.435. The number of aromatic nitrogens is 6. The molecule has 0 fully saturated rings. The molecule has 0 bridgehead atoms. The van der Waals surface area contributed by atoms with Crippen molar-refractivity contribution < 1.29 is 4.52 Å². The Balaban J connectivity index is 1.49. The summed E-state index contributed by atoms with van der Waals surface area (Å²) in [6, 6.07) is 11.3. The van der Waals surface area contributed by atoms with Crippen molar-refractivity contribution in [2.45, 2.75) is 32.6 Å². The Labute approximate surface area is 173 Å². The summed E-state index contributed by atoms with van der Waals surface area (Å²) in [5.74, 6) is 2.65. The van der Waals surface area contributed by atoms with Gasteiger partial charge in [-0.2, -0.15) is 9.50 Å². The van der Waals surface area contributed by atoms with Gasteiger partial charge in [-0.15, -0.1) is 15.3 Å². The van der Waals surface area contributed by atoms with E-state index in [1.165, 1.54) is 0 Å². The number of anilines is 1. The van der Waals surface area contributed by atoms with Crippen LogP contribution in [0.4, 0.5) is 5.82 Å². The van der Waals surface area contributed by atoms with Gasteiger partial charge in [-0.1, -0.05) is 42.2 Å². The number of benzene rings is 1. The van der Waals surface area contributed by atoms with Crippen LogP contribution >= 0.6 is 11.6 Å². The fourth-order valence-electron chi connectivity index (χ4n) is 3.02. The molecule has 0 aliphatic carbocycles. The molecule has 0 amide bonds. The highest BCUT2D eigenvalue weighted by molar-refractivity contribution is 6.33. The van der Waals surface area contributed by atoms with Crippen molar-refractivity contribution in [1.29, 1.82) is 0 Å².